The maximum absolute atomic E-state index is 13.0. The van der Waals surface area contributed by atoms with Gasteiger partial charge in [0.05, 0.1) is 22.1 Å². The number of halogens is 1. The zero-order valence-electron chi connectivity index (χ0n) is 13.7. The van der Waals surface area contributed by atoms with Gasteiger partial charge in [0, 0.05) is 17.2 Å². The molecule has 26 heavy (non-hydrogen) atoms. The number of nitrogens with zero attached hydrogens (tertiary/aromatic N) is 2. The zero-order chi connectivity index (χ0) is 19.3. The molecule has 0 aliphatic heterocycles. The number of ether oxygens (including phenoxy) is 1. The molecular formula is C16H15ClN2O6S. The average molecular weight is 399 g/mol. The van der Waals surface area contributed by atoms with Crippen molar-refractivity contribution in [1.82, 2.24) is 0 Å². The van der Waals surface area contributed by atoms with Crippen LogP contribution in [0.1, 0.15) is 6.92 Å². The number of rotatable bonds is 7. The van der Waals surface area contributed by atoms with Gasteiger partial charge < -0.3 is 4.74 Å². The molecule has 0 atom stereocenters. The molecule has 0 saturated heterocycles. The van der Waals surface area contributed by atoms with Crippen LogP contribution < -0.4 is 4.31 Å². The van der Waals surface area contributed by atoms with Crippen LogP contribution >= 0.6 is 11.6 Å². The van der Waals surface area contributed by atoms with E-state index in [1.54, 1.807) is 13.0 Å². The largest absolute Gasteiger partial charge is 0.465 e. The summed E-state index contributed by atoms with van der Waals surface area (Å²) >= 11 is 5.92. The summed E-state index contributed by atoms with van der Waals surface area (Å²) in [6, 6.07) is 10.5. The summed E-state index contributed by atoms with van der Waals surface area (Å²) in [4.78, 5) is 21.8. The summed E-state index contributed by atoms with van der Waals surface area (Å²) in [6.07, 6.45) is 0. The Morgan fingerprint density at radius 1 is 1.23 bits per heavy atom. The van der Waals surface area contributed by atoms with Gasteiger partial charge in [-0.1, -0.05) is 23.7 Å². The van der Waals surface area contributed by atoms with Crippen LogP contribution in [0.25, 0.3) is 0 Å². The fourth-order valence-electron chi connectivity index (χ4n) is 2.15. The lowest BCUT2D eigenvalue weighted by Gasteiger charge is -2.23. The Morgan fingerprint density at radius 2 is 1.92 bits per heavy atom. The molecule has 10 heteroatoms. The number of benzene rings is 2. The number of anilines is 1. The van der Waals surface area contributed by atoms with Gasteiger partial charge in [-0.3, -0.25) is 19.2 Å². The first-order valence-electron chi connectivity index (χ1n) is 7.44. The number of hydrogen-bond acceptors (Lipinski definition) is 6. The Bertz CT molecular complexity index is 932. The third-order valence-electron chi connectivity index (χ3n) is 3.29. The van der Waals surface area contributed by atoms with Crippen molar-refractivity contribution in [2.24, 2.45) is 0 Å². The molecule has 8 nitrogen and oxygen atoms in total. The van der Waals surface area contributed by atoms with Crippen LogP contribution in [-0.2, 0) is 19.6 Å². The van der Waals surface area contributed by atoms with E-state index < -0.39 is 27.5 Å². The van der Waals surface area contributed by atoms with Gasteiger partial charge in [-0.2, -0.15) is 0 Å². The van der Waals surface area contributed by atoms with Gasteiger partial charge >= 0.3 is 5.97 Å². The zero-order valence-corrected chi connectivity index (χ0v) is 15.2. The number of hydrogen-bond donors (Lipinski definition) is 0. The van der Waals surface area contributed by atoms with Crippen LogP contribution in [0.5, 0.6) is 0 Å². The molecular weight excluding hydrogens is 384 g/mol. The number of esters is 1. The van der Waals surface area contributed by atoms with Crippen LogP contribution in [0.2, 0.25) is 5.02 Å². The van der Waals surface area contributed by atoms with Gasteiger partial charge in [-0.05, 0) is 31.2 Å². The van der Waals surface area contributed by atoms with Crippen LogP contribution in [0, 0.1) is 10.1 Å². The third-order valence-corrected chi connectivity index (χ3v) is 5.30. The van der Waals surface area contributed by atoms with Crippen molar-refractivity contribution in [2.45, 2.75) is 11.8 Å². The molecule has 0 fully saturated rings. The molecule has 0 saturated carbocycles. The number of nitro benzene ring substituents is 1. The van der Waals surface area contributed by atoms with Gasteiger partial charge in [0.25, 0.3) is 15.7 Å². The predicted octanol–water partition coefficient (Wildman–Crippen LogP) is 3.01. The van der Waals surface area contributed by atoms with Gasteiger partial charge in [-0.15, -0.1) is 0 Å². The number of carbonyl (C=O) groups is 1. The van der Waals surface area contributed by atoms with Gasteiger partial charge in [0.2, 0.25) is 0 Å². The molecule has 0 unspecified atom stereocenters. The Hall–Kier alpha value is -2.65. The summed E-state index contributed by atoms with van der Waals surface area (Å²) in [5.41, 5.74) is -0.245. The lowest BCUT2D eigenvalue weighted by atomic mass is 10.3. The van der Waals surface area contributed by atoms with E-state index >= 15 is 0 Å². The van der Waals surface area contributed by atoms with E-state index in [1.807, 2.05) is 0 Å². The molecule has 2 rings (SSSR count). The van der Waals surface area contributed by atoms with Crippen molar-refractivity contribution in [3.05, 3.63) is 63.7 Å². The molecule has 0 aliphatic carbocycles. The Kier molecular flexibility index (Phi) is 6.17. The van der Waals surface area contributed by atoms with Crippen LogP contribution in [0.4, 0.5) is 11.4 Å². The third kappa shape index (κ3) is 4.50. The first kappa shape index (κ1) is 19.7. The van der Waals surface area contributed by atoms with E-state index in [4.69, 9.17) is 16.3 Å². The standard InChI is InChI=1S/C16H15ClN2O6S/c1-2-25-16(20)11-18(13-6-3-5-12(17)9-13)26(23,24)15-8-4-7-14(10-15)19(21)22/h3-10H,2,11H2,1H3. The normalized spacial score (nSPS) is 11.0. The summed E-state index contributed by atoms with van der Waals surface area (Å²) < 4.78 is 31.7. The van der Waals surface area contributed by atoms with Crippen LogP contribution in [0.15, 0.2) is 53.4 Å². The molecule has 0 radical (unpaired) electrons. The Labute approximate surface area is 155 Å². The quantitative estimate of drug-likeness (QED) is 0.403. The van der Waals surface area contributed by atoms with E-state index in [-0.39, 0.29) is 27.9 Å². The SMILES string of the molecule is CCOC(=O)CN(c1cccc(Cl)c1)S(=O)(=O)c1cccc([N+](=O)[O-])c1. The molecule has 0 spiro atoms. The Balaban J connectivity index is 2.54. The van der Waals surface area contributed by atoms with E-state index in [9.17, 15) is 23.3 Å². The fraction of sp³-hybridized carbons (Fsp3) is 0.188. The topological polar surface area (TPSA) is 107 Å². The molecule has 0 N–H and O–H groups in total. The highest BCUT2D eigenvalue weighted by Crippen LogP contribution is 2.27. The van der Waals surface area contributed by atoms with E-state index in [2.05, 4.69) is 0 Å². The van der Waals surface area contributed by atoms with Crippen LogP contribution in [0.3, 0.4) is 0 Å². The van der Waals surface area contributed by atoms with E-state index in [0.29, 0.717) is 0 Å². The lowest BCUT2D eigenvalue weighted by Crippen LogP contribution is -2.36. The van der Waals surface area contributed by atoms with Gasteiger partial charge in [0.15, 0.2) is 0 Å². The monoisotopic (exact) mass is 398 g/mol. The average Bonchev–Trinajstić information content (AvgIpc) is 2.60. The van der Waals surface area contributed by atoms with Gasteiger partial charge in [0.1, 0.15) is 6.54 Å². The highest BCUT2D eigenvalue weighted by Gasteiger charge is 2.29. The molecule has 0 aliphatic rings. The smallest absolute Gasteiger partial charge is 0.326 e. The second-order valence-corrected chi connectivity index (χ2v) is 7.35. The minimum Gasteiger partial charge on any atom is -0.465 e. The highest BCUT2D eigenvalue weighted by molar-refractivity contribution is 7.92. The minimum atomic E-state index is -4.27. The van der Waals surface area contributed by atoms with Gasteiger partial charge in [-0.25, -0.2) is 8.42 Å². The second-order valence-electron chi connectivity index (χ2n) is 5.05. The van der Waals surface area contributed by atoms with Crippen molar-refractivity contribution < 1.29 is 22.9 Å². The first-order valence-corrected chi connectivity index (χ1v) is 9.26. The molecule has 0 heterocycles. The highest BCUT2D eigenvalue weighted by atomic mass is 35.5. The minimum absolute atomic E-state index is 0.0824. The number of carbonyl (C=O) groups excluding carboxylic acids is 1. The van der Waals surface area contributed by atoms with E-state index in [1.165, 1.54) is 36.4 Å². The van der Waals surface area contributed by atoms with E-state index in [0.717, 1.165) is 10.4 Å². The molecule has 2 aromatic carbocycles. The summed E-state index contributed by atoms with van der Waals surface area (Å²) in [5, 5.41) is 11.2. The molecule has 0 bridgehead atoms. The van der Waals surface area contributed by atoms with Crippen molar-refractivity contribution in [2.75, 3.05) is 17.5 Å². The summed E-state index contributed by atoms with van der Waals surface area (Å²) in [6.45, 7) is 1.08. The van der Waals surface area contributed by atoms with Crippen molar-refractivity contribution in [3.8, 4) is 0 Å². The van der Waals surface area contributed by atoms with Crippen molar-refractivity contribution >= 4 is 39.0 Å². The number of non-ortho nitro benzene ring substituents is 1. The summed E-state index contributed by atoms with van der Waals surface area (Å²) in [5.74, 6) is -0.763. The maximum atomic E-state index is 13.0. The number of sulfonamides is 1. The fourth-order valence-corrected chi connectivity index (χ4v) is 3.78. The Morgan fingerprint density at radius 3 is 2.54 bits per heavy atom. The molecule has 2 aromatic rings. The first-order chi connectivity index (χ1) is 12.3. The second kappa shape index (κ2) is 8.15. The molecule has 0 aromatic heterocycles. The van der Waals surface area contributed by atoms with Crippen molar-refractivity contribution in [3.63, 3.8) is 0 Å². The molecule has 0 amide bonds. The van der Waals surface area contributed by atoms with Crippen LogP contribution in [-0.4, -0.2) is 32.5 Å². The summed E-state index contributed by atoms with van der Waals surface area (Å²) in [7, 11) is -4.27. The number of nitro groups is 1. The van der Waals surface area contributed by atoms with Crippen molar-refractivity contribution in [1.29, 1.82) is 0 Å². The lowest BCUT2D eigenvalue weighted by molar-refractivity contribution is -0.385. The maximum Gasteiger partial charge on any atom is 0.326 e. The predicted molar refractivity (Wildman–Crippen MR) is 95.7 cm³/mol. The molecule has 138 valence electrons.